The van der Waals surface area contributed by atoms with Crippen molar-refractivity contribution in [2.24, 2.45) is 0 Å². The number of carbonyl (C=O) groups excluding carboxylic acids is 1. The summed E-state index contributed by atoms with van der Waals surface area (Å²) in [5, 5.41) is 0.595. The number of hydrogen-bond acceptors (Lipinski definition) is 2. The van der Waals surface area contributed by atoms with Crippen LogP contribution in [0.5, 0.6) is 0 Å². The number of nitrogens with two attached hydrogens (primary N) is 1. The van der Waals surface area contributed by atoms with Crippen molar-refractivity contribution in [3.63, 3.8) is 0 Å². The van der Waals surface area contributed by atoms with Crippen molar-refractivity contribution in [3.05, 3.63) is 63.1 Å². The number of nitrogens with zero attached hydrogens (tertiary/aromatic N) is 1. The molecule has 0 saturated heterocycles. The minimum atomic E-state index is -0.0385. The van der Waals surface area contributed by atoms with E-state index in [0.29, 0.717) is 33.8 Å². The van der Waals surface area contributed by atoms with Gasteiger partial charge in [-0.05, 0) is 58.7 Å². The van der Waals surface area contributed by atoms with Crippen molar-refractivity contribution >= 4 is 39.1 Å². The topological polar surface area (TPSA) is 46.3 Å². The van der Waals surface area contributed by atoms with Crippen molar-refractivity contribution in [1.82, 2.24) is 4.90 Å². The minimum absolute atomic E-state index is 0.0385. The number of hydrogen-bond donors (Lipinski definition) is 1. The van der Waals surface area contributed by atoms with Gasteiger partial charge in [0.25, 0.3) is 5.91 Å². The van der Waals surface area contributed by atoms with E-state index in [1.54, 1.807) is 23.1 Å². The molecule has 0 heterocycles. The van der Waals surface area contributed by atoms with E-state index in [-0.39, 0.29) is 5.91 Å². The third kappa shape index (κ3) is 3.99. The molecule has 2 aromatic rings. The predicted molar refractivity (Wildman–Crippen MR) is 90.4 cm³/mol. The Morgan fingerprint density at radius 3 is 2.67 bits per heavy atom. The van der Waals surface area contributed by atoms with E-state index >= 15 is 0 Å². The van der Waals surface area contributed by atoms with E-state index in [1.165, 1.54) is 0 Å². The number of halogens is 2. The number of amides is 1. The summed E-state index contributed by atoms with van der Waals surface area (Å²) in [7, 11) is 0. The molecular weight excluding hydrogens is 352 g/mol. The Labute approximate surface area is 137 Å². The first kappa shape index (κ1) is 15.9. The number of benzene rings is 2. The van der Waals surface area contributed by atoms with Crippen LogP contribution in [0.25, 0.3) is 0 Å². The summed E-state index contributed by atoms with van der Waals surface area (Å²) in [4.78, 5) is 14.4. The molecule has 2 N–H and O–H groups in total. The molecule has 0 unspecified atom stereocenters. The molecule has 0 spiro atoms. The molecule has 3 nitrogen and oxygen atoms in total. The second kappa shape index (κ2) is 6.96. The van der Waals surface area contributed by atoms with E-state index in [4.69, 9.17) is 17.3 Å². The van der Waals surface area contributed by atoms with Crippen LogP contribution >= 0.6 is 27.5 Å². The van der Waals surface area contributed by atoms with E-state index in [2.05, 4.69) is 15.9 Å². The lowest BCUT2D eigenvalue weighted by Gasteiger charge is -2.22. The second-order valence-electron chi connectivity index (χ2n) is 4.69. The average Bonchev–Trinajstić information content (AvgIpc) is 2.44. The maximum atomic E-state index is 12.6. The first-order chi connectivity index (χ1) is 10.0. The molecule has 2 rings (SSSR count). The van der Waals surface area contributed by atoms with Gasteiger partial charge in [0.15, 0.2) is 0 Å². The van der Waals surface area contributed by atoms with Gasteiger partial charge in [-0.25, -0.2) is 0 Å². The van der Waals surface area contributed by atoms with Gasteiger partial charge in [-0.2, -0.15) is 0 Å². The Kier molecular flexibility index (Phi) is 5.26. The highest BCUT2D eigenvalue weighted by atomic mass is 79.9. The summed E-state index contributed by atoms with van der Waals surface area (Å²) >= 11 is 9.30. The third-order valence-corrected chi connectivity index (χ3v) is 4.05. The normalized spacial score (nSPS) is 10.4. The van der Waals surface area contributed by atoms with Crippen LogP contribution in [0, 0.1) is 0 Å². The molecule has 0 bridgehead atoms. The summed E-state index contributed by atoms with van der Waals surface area (Å²) < 4.78 is 0.700. The summed E-state index contributed by atoms with van der Waals surface area (Å²) in [6.45, 7) is 3.09. The van der Waals surface area contributed by atoms with E-state index in [1.807, 2.05) is 31.2 Å². The smallest absolute Gasteiger partial charge is 0.255 e. The van der Waals surface area contributed by atoms with Gasteiger partial charge in [-0.1, -0.05) is 23.7 Å². The zero-order valence-corrected chi connectivity index (χ0v) is 14.0. The zero-order valence-electron chi connectivity index (χ0n) is 11.6. The third-order valence-electron chi connectivity index (χ3n) is 3.15. The molecule has 0 aliphatic rings. The Balaban J connectivity index is 2.22. The Morgan fingerprint density at radius 2 is 2.05 bits per heavy atom. The molecule has 0 saturated carbocycles. The van der Waals surface area contributed by atoms with Crippen LogP contribution in [-0.4, -0.2) is 17.4 Å². The molecule has 1 amide bonds. The van der Waals surface area contributed by atoms with Crippen LogP contribution in [-0.2, 0) is 6.54 Å². The van der Waals surface area contributed by atoms with Gasteiger partial charge in [-0.15, -0.1) is 0 Å². The summed E-state index contributed by atoms with van der Waals surface area (Å²) in [6, 6.07) is 12.7. The molecule has 5 heteroatoms. The van der Waals surface area contributed by atoms with Gasteiger partial charge >= 0.3 is 0 Å². The fraction of sp³-hybridized carbons (Fsp3) is 0.188. The van der Waals surface area contributed by atoms with Gasteiger partial charge in [-0.3, -0.25) is 4.79 Å². The van der Waals surface area contributed by atoms with E-state index < -0.39 is 0 Å². The molecule has 0 atom stereocenters. The number of carbonyl (C=O) groups is 1. The molecule has 0 aliphatic heterocycles. The molecule has 0 aliphatic carbocycles. The first-order valence-corrected chi connectivity index (χ1v) is 7.77. The Bertz CT molecular complexity index is 660. The molecule has 0 radical (unpaired) electrons. The molecule has 110 valence electrons. The van der Waals surface area contributed by atoms with Crippen LogP contribution in [0.4, 0.5) is 5.69 Å². The zero-order chi connectivity index (χ0) is 15.4. The predicted octanol–water partition coefficient (Wildman–Crippen LogP) is 4.35. The fourth-order valence-electron chi connectivity index (χ4n) is 2.07. The van der Waals surface area contributed by atoms with Gasteiger partial charge in [0.1, 0.15) is 0 Å². The monoisotopic (exact) mass is 366 g/mol. The van der Waals surface area contributed by atoms with E-state index in [9.17, 15) is 4.79 Å². The summed E-state index contributed by atoms with van der Waals surface area (Å²) in [5.74, 6) is -0.0385. The molecule has 0 fully saturated rings. The van der Waals surface area contributed by atoms with Crippen molar-refractivity contribution < 1.29 is 4.79 Å². The van der Waals surface area contributed by atoms with Crippen LogP contribution in [0.1, 0.15) is 22.8 Å². The lowest BCUT2D eigenvalue weighted by molar-refractivity contribution is 0.0751. The number of nitrogen functional groups attached to an aromatic ring is 1. The molecular formula is C16H16BrClN2O. The van der Waals surface area contributed by atoms with Crippen molar-refractivity contribution in [1.29, 1.82) is 0 Å². The minimum Gasteiger partial charge on any atom is -0.399 e. The van der Waals surface area contributed by atoms with Crippen LogP contribution in [0.3, 0.4) is 0 Å². The number of rotatable bonds is 4. The Hall–Kier alpha value is -1.52. The average molecular weight is 368 g/mol. The lowest BCUT2D eigenvalue weighted by Crippen LogP contribution is -2.30. The SMILES string of the molecule is CCN(Cc1cccc(N)c1)C(=O)c1ccc(Cl)cc1Br. The maximum Gasteiger partial charge on any atom is 0.255 e. The highest BCUT2D eigenvalue weighted by Crippen LogP contribution is 2.23. The van der Waals surface area contributed by atoms with Gasteiger partial charge < -0.3 is 10.6 Å². The van der Waals surface area contributed by atoms with Crippen LogP contribution in [0.15, 0.2) is 46.9 Å². The first-order valence-electron chi connectivity index (χ1n) is 6.60. The van der Waals surface area contributed by atoms with E-state index in [0.717, 1.165) is 5.56 Å². The lowest BCUT2D eigenvalue weighted by atomic mass is 10.1. The molecule has 2 aromatic carbocycles. The molecule has 21 heavy (non-hydrogen) atoms. The van der Waals surface area contributed by atoms with Crippen molar-refractivity contribution in [2.45, 2.75) is 13.5 Å². The summed E-state index contributed by atoms with van der Waals surface area (Å²) in [5.41, 5.74) is 8.09. The highest BCUT2D eigenvalue weighted by Gasteiger charge is 2.17. The molecule has 0 aromatic heterocycles. The van der Waals surface area contributed by atoms with Crippen LogP contribution < -0.4 is 5.73 Å². The maximum absolute atomic E-state index is 12.6. The van der Waals surface area contributed by atoms with Gasteiger partial charge in [0.2, 0.25) is 0 Å². The Morgan fingerprint density at radius 1 is 1.29 bits per heavy atom. The number of anilines is 1. The quantitative estimate of drug-likeness (QED) is 0.817. The largest absolute Gasteiger partial charge is 0.399 e. The van der Waals surface area contributed by atoms with Crippen molar-refractivity contribution in [2.75, 3.05) is 12.3 Å². The second-order valence-corrected chi connectivity index (χ2v) is 5.98. The standard InChI is InChI=1S/C16H16BrClN2O/c1-2-20(10-11-4-3-5-13(19)8-11)16(21)14-7-6-12(18)9-15(14)17/h3-9H,2,10,19H2,1H3. The van der Waals surface area contributed by atoms with Gasteiger partial charge in [0, 0.05) is 28.3 Å². The van der Waals surface area contributed by atoms with Gasteiger partial charge in [0.05, 0.1) is 5.56 Å². The van der Waals surface area contributed by atoms with Crippen LogP contribution in [0.2, 0.25) is 5.02 Å². The fourth-order valence-corrected chi connectivity index (χ4v) is 2.92. The van der Waals surface area contributed by atoms with Crippen molar-refractivity contribution in [3.8, 4) is 0 Å². The summed E-state index contributed by atoms with van der Waals surface area (Å²) in [6.07, 6.45) is 0. The highest BCUT2D eigenvalue weighted by molar-refractivity contribution is 9.10.